The van der Waals surface area contributed by atoms with Crippen LogP contribution in [0.2, 0.25) is 0 Å². The molecule has 2 aromatic rings. The smallest absolute Gasteiger partial charge is 0.134 e. The summed E-state index contributed by atoms with van der Waals surface area (Å²) in [5.74, 6) is 1.54. The molecule has 25 heavy (non-hydrogen) atoms. The standard InChI is InChI=1S/C19H25N3O3/c1-15-5-3-4-6-18(15)25-14-19(23)12-22(9-10-24-13-19)11-17-7-8-20-16(2)21-17/h3-8,23H,9-14H2,1-2H3/t19-/m0/s1. The van der Waals surface area contributed by atoms with Gasteiger partial charge in [0.05, 0.1) is 18.9 Å². The maximum absolute atomic E-state index is 11.0. The Morgan fingerprint density at radius 3 is 2.92 bits per heavy atom. The van der Waals surface area contributed by atoms with Gasteiger partial charge < -0.3 is 14.6 Å². The largest absolute Gasteiger partial charge is 0.490 e. The van der Waals surface area contributed by atoms with Crippen molar-refractivity contribution in [3.05, 3.63) is 53.6 Å². The van der Waals surface area contributed by atoms with Crippen molar-refractivity contribution in [2.24, 2.45) is 0 Å². The number of para-hydroxylation sites is 1. The number of hydrogen-bond acceptors (Lipinski definition) is 6. The van der Waals surface area contributed by atoms with Crippen molar-refractivity contribution in [2.45, 2.75) is 26.0 Å². The molecule has 6 nitrogen and oxygen atoms in total. The highest BCUT2D eigenvalue weighted by molar-refractivity contribution is 5.31. The number of aryl methyl sites for hydroxylation is 2. The molecule has 1 atom stereocenters. The van der Waals surface area contributed by atoms with Gasteiger partial charge in [-0.3, -0.25) is 4.90 Å². The lowest BCUT2D eigenvalue weighted by molar-refractivity contribution is -0.0648. The Bertz CT molecular complexity index is 710. The summed E-state index contributed by atoms with van der Waals surface area (Å²) in [4.78, 5) is 10.7. The zero-order chi connectivity index (χ0) is 17.7. The minimum absolute atomic E-state index is 0.192. The van der Waals surface area contributed by atoms with Crippen LogP contribution in [0.5, 0.6) is 5.75 Å². The SMILES string of the molecule is Cc1nccc(CN2CCOC[C@](O)(COc3ccccc3C)C2)n1. The molecule has 0 radical (unpaired) electrons. The molecule has 0 spiro atoms. The van der Waals surface area contributed by atoms with E-state index in [2.05, 4.69) is 14.9 Å². The Balaban J connectivity index is 1.64. The van der Waals surface area contributed by atoms with Gasteiger partial charge in [-0.2, -0.15) is 0 Å². The van der Waals surface area contributed by atoms with E-state index < -0.39 is 5.60 Å². The Morgan fingerprint density at radius 1 is 1.28 bits per heavy atom. The molecule has 1 saturated heterocycles. The molecular weight excluding hydrogens is 318 g/mol. The fourth-order valence-electron chi connectivity index (χ4n) is 2.97. The fraction of sp³-hybridized carbons (Fsp3) is 0.474. The number of aliphatic hydroxyl groups is 1. The van der Waals surface area contributed by atoms with Crippen LogP contribution in [0, 0.1) is 13.8 Å². The van der Waals surface area contributed by atoms with Crippen LogP contribution in [0.25, 0.3) is 0 Å². The van der Waals surface area contributed by atoms with Crippen LogP contribution >= 0.6 is 0 Å². The van der Waals surface area contributed by atoms with Crippen molar-refractivity contribution >= 4 is 0 Å². The van der Waals surface area contributed by atoms with Crippen molar-refractivity contribution in [3.8, 4) is 5.75 Å². The van der Waals surface area contributed by atoms with Gasteiger partial charge in [0.1, 0.15) is 23.8 Å². The first-order valence-electron chi connectivity index (χ1n) is 8.54. The third-order valence-corrected chi connectivity index (χ3v) is 4.25. The summed E-state index contributed by atoms with van der Waals surface area (Å²) < 4.78 is 11.5. The highest BCUT2D eigenvalue weighted by Gasteiger charge is 2.33. The molecule has 134 valence electrons. The van der Waals surface area contributed by atoms with Gasteiger partial charge in [-0.25, -0.2) is 9.97 Å². The molecule has 0 unspecified atom stereocenters. The van der Waals surface area contributed by atoms with Crippen molar-refractivity contribution < 1.29 is 14.6 Å². The van der Waals surface area contributed by atoms with Gasteiger partial charge >= 0.3 is 0 Å². The van der Waals surface area contributed by atoms with Crippen LogP contribution in [0.4, 0.5) is 0 Å². The molecule has 1 aromatic heterocycles. The number of β-amino-alcohol motifs (C(OH)–C–C–N with tert-alkyl or cyclic N) is 1. The highest BCUT2D eigenvalue weighted by atomic mass is 16.5. The maximum atomic E-state index is 11.0. The van der Waals surface area contributed by atoms with Crippen molar-refractivity contribution in [1.29, 1.82) is 0 Å². The Hall–Kier alpha value is -2.02. The van der Waals surface area contributed by atoms with Crippen LogP contribution in [0.3, 0.4) is 0 Å². The van der Waals surface area contributed by atoms with E-state index in [0.717, 1.165) is 29.4 Å². The molecule has 0 bridgehead atoms. The summed E-state index contributed by atoms with van der Waals surface area (Å²) in [5.41, 5.74) is 0.937. The predicted molar refractivity (Wildman–Crippen MR) is 94.5 cm³/mol. The van der Waals surface area contributed by atoms with E-state index in [-0.39, 0.29) is 13.2 Å². The quantitative estimate of drug-likeness (QED) is 0.892. The van der Waals surface area contributed by atoms with E-state index in [1.807, 2.05) is 44.2 Å². The lowest BCUT2D eigenvalue weighted by Crippen LogP contribution is -2.48. The zero-order valence-electron chi connectivity index (χ0n) is 14.8. The van der Waals surface area contributed by atoms with Crippen molar-refractivity contribution in [2.75, 3.05) is 32.9 Å². The van der Waals surface area contributed by atoms with E-state index in [4.69, 9.17) is 9.47 Å². The van der Waals surface area contributed by atoms with Crippen LogP contribution in [-0.2, 0) is 11.3 Å². The predicted octanol–water partition coefficient (Wildman–Crippen LogP) is 1.74. The second kappa shape index (κ2) is 7.91. The number of nitrogens with zero attached hydrogens (tertiary/aromatic N) is 3. The average molecular weight is 343 g/mol. The van der Waals surface area contributed by atoms with Crippen molar-refractivity contribution in [1.82, 2.24) is 14.9 Å². The Kier molecular flexibility index (Phi) is 5.63. The monoisotopic (exact) mass is 343 g/mol. The molecule has 1 fully saturated rings. The third kappa shape index (κ3) is 4.98. The molecule has 3 rings (SSSR count). The molecule has 1 aliphatic heterocycles. The molecule has 2 heterocycles. The van der Waals surface area contributed by atoms with Crippen LogP contribution < -0.4 is 4.74 Å². The summed E-state index contributed by atoms with van der Waals surface area (Å²) in [6.07, 6.45) is 1.76. The number of benzene rings is 1. The van der Waals surface area contributed by atoms with Gasteiger partial charge in [-0.15, -0.1) is 0 Å². The third-order valence-electron chi connectivity index (χ3n) is 4.25. The van der Waals surface area contributed by atoms with Gasteiger partial charge in [0.2, 0.25) is 0 Å². The van der Waals surface area contributed by atoms with Crippen LogP contribution in [0.15, 0.2) is 36.5 Å². The molecule has 6 heteroatoms. The topological polar surface area (TPSA) is 67.7 Å². The molecule has 0 saturated carbocycles. The average Bonchev–Trinajstić information content (AvgIpc) is 2.76. The van der Waals surface area contributed by atoms with Gasteiger partial charge in [-0.05, 0) is 31.5 Å². The molecule has 0 amide bonds. The Morgan fingerprint density at radius 2 is 2.12 bits per heavy atom. The second-order valence-corrected chi connectivity index (χ2v) is 6.64. The number of hydrogen-bond donors (Lipinski definition) is 1. The van der Waals surface area contributed by atoms with Crippen molar-refractivity contribution in [3.63, 3.8) is 0 Å². The first-order valence-corrected chi connectivity index (χ1v) is 8.54. The lowest BCUT2D eigenvalue weighted by Gasteiger charge is -2.30. The summed E-state index contributed by atoms with van der Waals surface area (Å²) in [6.45, 7) is 6.78. The number of rotatable bonds is 5. The number of aromatic nitrogens is 2. The van der Waals surface area contributed by atoms with Gasteiger partial charge in [-0.1, -0.05) is 18.2 Å². The summed E-state index contributed by atoms with van der Waals surface area (Å²) in [5, 5.41) is 11.0. The highest BCUT2D eigenvalue weighted by Crippen LogP contribution is 2.20. The fourth-order valence-corrected chi connectivity index (χ4v) is 2.97. The molecule has 0 aliphatic carbocycles. The Labute approximate surface area is 148 Å². The first kappa shape index (κ1) is 17.8. The molecular formula is C19H25N3O3. The van der Waals surface area contributed by atoms with Gasteiger partial charge in [0.25, 0.3) is 0 Å². The van der Waals surface area contributed by atoms with Crippen LogP contribution in [-0.4, -0.2) is 58.5 Å². The van der Waals surface area contributed by atoms with Gasteiger partial charge in [0.15, 0.2) is 0 Å². The maximum Gasteiger partial charge on any atom is 0.134 e. The van der Waals surface area contributed by atoms with Crippen LogP contribution in [0.1, 0.15) is 17.1 Å². The van der Waals surface area contributed by atoms with E-state index in [1.165, 1.54) is 0 Å². The lowest BCUT2D eigenvalue weighted by atomic mass is 10.1. The molecule has 1 N–H and O–H groups in total. The normalized spacial score (nSPS) is 21.7. The van der Waals surface area contributed by atoms with E-state index >= 15 is 0 Å². The van der Waals surface area contributed by atoms with E-state index in [0.29, 0.717) is 19.7 Å². The summed E-state index contributed by atoms with van der Waals surface area (Å²) >= 11 is 0. The zero-order valence-corrected chi connectivity index (χ0v) is 14.8. The number of ether oxygens (including phenoxy) is 2. The van der Waals surface area contributed by atoms with E-state index in [1.54, 1.807) is 6.20 Å². The molecule has 1 aliphatic rings. The second-order valence-electron chi connectivity index (χ2n) is 6.64. The van der Waals surface area contributed by atoms with E-state index in [9.17, 15) is 5.11 Å². The summed E-state index contributed by atoms with van der Waals surface area (Å²) in [7, 11) is 0. The molecule has 1 aromatic carbocycles. The van der Waals surface area contributed by atoms with Gasteiger partial charge in [0, 0.05) is 25.8 Å². The first-order chi connectivity index (χ1) is 12.0. The summed E-state index contributed by atoms with van der Waals surface area (Å²) in [6, 6.07) is 9.71. The minimum Gasteiger partial charge on any atom is -0.490 e. The minimum atomic E-state index is -1.05.